The fourth-order valence-electron chi connectivity index (χ4n) is 2.73. The van der Waals surface area contributed by atoms with Gasteiger partial charge in [0, 0.05) is 6.54 Å². The lowest BCUT2D eigenvalue weighted by atomic mass is 9.98. The number of methoxy groups -OCH3 is 1. The molecule has 106 valence electrons. The predicted octanol–water partition coefficient (Wildman–Crippen LogP) is 3.23. The molecule has 1 saturated heterocycles. The van der Waals surface area contributed by atoms with Gasteiger partial charge in [0.1, 0.15) is 0 Å². The van der Waals surface area contributed by atoms with E-state index in [-0.39, 0.29) is 11.9 Å². The second-order valence-corrected chi connectivity index (χ2v) is 5.43. The van der Waals surface area contributed by atoms with E-state index >= 15 is 0 Å². The van der Waals surface area contributed by atoms with E-state index in [1.165, 1.54) is 45.6 Å². The largest absolute Gasteiger partial charge is 0.469 e. The highest BCUT2D eigenvalue weighted by molar-refractivity contribution is 5.72. The van der Waals surface area contributed by atoms with Crippen LogP contribution in [0, 0.1) is 5.92 Å². The van der Waals surface area contributed by atoms with E-state index in [1.807, 2.05) is 0 Å². The lowest BCUT2D eigenvalue weighted by molar-refractivity contribution is -0.147. The van der Waals surface area contributed by atoms with Gasteiger partial charge in [0.15, 0.2) is 0 Å². The van der Waals surface area contributed by atoms with Crippen molar-refractivity contribution in [3.63, 3.8) is 0 Å². The van der Waals surface area contributed by atoms with Crippen LogP contribution in [-0.2, 0) is 9.53 Å². The molecule has 0 aromatic heterocycles. The summed E-state index contributed by atoms with van der Waals surface area (Å²) < 4.78 is 4.84. The molecule has 1 atom stereocenters. The summed E-state index contributed by atoms with van der Waals surface area (Å²) in [7, 11) is 1.50. The molecule has 1 aliphatic rings. The van der Waals surface area contributed by atoms with E-state index in [0.29, 0.717) is 0 Å². The minimum atomic E-state index is -0.0253. The van der Waals surface area contributed by atoms with E-state index in [2.05, 4.69) is 11.8 Å². The summed E-state index contributed by atoms with van der Waals surface area (Å²) in [6.07, 6.45) is 10.2. The zero-order chi connectivity index (χ0) is 13.2. The molecule has 0 aromatic carbocycles. The van der Waals surface area contributed by atoms with Gasteiger partial charge in [-0.25, -0.2) is 0 Å². The summed E-state index contributed by atoms with van der Waals surface area (Å²) in [5.74, 6) is 0.0893. The highest BCUT2D eigenvalue weighted by Crippen LogP contribution is 2.18. The topological polar surface area (TPSA) is 29.5 Å². The van der Waals surface area contributed by atoms with Crippen molar-refractivity contribution in [3.8, 4) is 0 Å². The third kappa shape index (κ3) is 5.85. The zero-order valence-electron chi connectivity index (χ0n) is 12.1. The molecule has 0 radical (unpaired) electrons. The van der Waals surface area contributed by atoms with Crippen molar-refractivity contribution in [3.05, 3.63) is 0 Å². The molecule has 0 aliphatic carbocycles. The minimum Gasteiger partial charge on any atom is -0.469 e. The van der Waals surface area contributed by atoms with Crippen molar-refractivity contribution in [2.45, 2.75) is 58.3 Å². The summed E-state index contributed by atoms with van der Waals surface area (Å²) in [6, 6.07) is 0. The van der Waals surface area contributed by atoms with Gasteiger partial charge in [-0.3, -0.25) is 4.79 Å². The maximum atomic E-state index is 11.5. The highest BCUT2D eigenvalue weighted by atomic mass is 16.5. The molecule has 0 saturated carbocycles. The number of carbonyl (C=O) groups is 1. The number of unbranched alkanes of at least 4 members (excludes halogenated alkanes) is 5. The molecular weight excluding hydrogens is 226 g/mol. The molecule has 0 bridgehead atoms. The number of ether oxygens (including phenoxy) is 1. The van der Waals surface area contributed by atoms with Gasteiger partial charge in [0.05, 0.1) is 13.0 Å². The van der Waals surface area contributed by atoms with Gasteiger partial charge in [0.25, 0.3) is 0 Å². The van der Waals surface area contributed by atoms with Crippen LogP contribution in [0.5, 0.6) is 0 Å². The molecule has 0 N–H and O–H groups in total. The van der Waals surface area contributed by atoms with Gasteiger partial charge >= 0.3 is 5.97 Å². The molecule has 0 spiro atoms. The second-order valence-electron chi connectivity index (χ2n) is 5.43. The van der Waals surface area contributed by atoms with Crippen molar-refractivity contribution >= 4 is 5.97 Å². The fourth-order valence-corrected chi connectivity index (χ4v) is 2.73. The first-order valence-corrected chi connectivity index (χ1v) is 7.58. The van der Waals surface area contributed by atoms with E-state index < -0.39 is 0 Å². The first kappa shape index (κ1) is 15.5. The number of hydrogen-bond donors (Lipinski definition) is 0. The monoisotopic (exact) mass is 255 g/mol. The Morgan fingerprint density at radius 1 is 1.22 bits per heavy atom. The van der Waals surface area contributed by atoms with Crippen molar-refractivity contribution in [2.24, 2.45) is 5.92 Å². The van der Waals surface area contributed by atoms with Gasteiger partial charge < -0.3 is 9.64 Å². The molecule has 0 aromatic rings. The first-order valence-electron chi connectivity index (χ1n) is 7.58. The Morgan fingerprint density at radius 3 is 2.67 bits per heavy atom. The Hall–Kier alpha value is -0.570. The maximum Gasteiger partial charge on any atom is 0.309 e. The summed E-state index contributed by atoms with van der Waals surface area (Å²) in [4.78, 5) is 13.9. The smallest absolute Gasteiger partial charge is 0.309 e. The van der Waals surface area contributed by atoms with E-state index in [4.69, 9.17) is 4.74 Å². The van der Waals surface area contributed by atoms with Crippen LogP contribution in [0.1, 0.15) is 58.3 Å². The quantitative estimate of drug-likeness (QED) is 0.492. The minimum absolute atomic E-state index is 0.0253. The predicted molar refractivity (Wildman–Crippen MR) is 74.6 cm³/mol. The summed E-state index contributed by atoms with van der Waals surface area (Å²) in [5.41, 5.74) is 0. The van der Waals surface area contributed by atoms with Crippen LogP contribution in [0.2, 0.25) is 0 Å². The van der Waals surface area contributed by atoms with Gasteiger partial charge in [-0.05, 0) is 32.4 Å². The van der Waals surface area contributed by atoms with Crippen molar-refractivity contribution in [1.29, 1.82) is 0 Å². The van der Waals surface area contributed by atoms with E-state index in [9.17, 15) is 4.79 Å². The van der Waals surface area contributed by atoms with Crippen LogP contribution in [0.15, 0.2) is 0 Å². The Morgan fingerprint density at radius 2 is 1.94 bits per heavy atom. The summed E-state index contributed by atoms with van der Waals surface area (Å²) in [6.45, 7) is 5.46. The number of hydrogen-bond acceptors (Lipinski definition) is 3. The van der Waals surface area contributed by atoms with Crippen LogP contribution in [0.3, 0.4) is 0 Å². The average Bonchev–Trinajstić information content (AvgIpc) is 2.42. The van der Waals surface area contributed by atoms with Crippen LogP contribution < -0.4 is 0 Å². The van der Waals surface area contributed by atoms with E-state index in [0.717, 1.165) is 32.5 Å². The third-order valence-corrected chi connectivity index (χ3v) is 3.87. The molecule has 3 heteroatoms. The summed E-state index contributed by atoms with van der Waals surface area (Å²) in [5, 5.41) is 0. The molecule has 1 fully saturated rings. The molecule has 1 rings (SSSR count). The number of esters is 1. The van der Waals surface area contributed by atoms with Crippen LogP contribution in [0.4, 0.5) is 0 Å². The van der Waals surface area contributed by atoms with Gasteiger partial charge in [-0.1, -0.05) is 39.0 Å². The van der Waals surface area contributed by atoms with Crippen LogP contribution in [0.25, 0.3) is 0 Å². The SMILES string of the molecule is CCCCCCCCN1CCC[C@H](C(=O)OC)C1. The summed E-state index contributed by atoms with van der Waals surface area (Å²) >= 11 is 0. The Balaban J connectivity index is 2.09. The molecule has 18 heavy (non-hydrogen) atoms. The Labute approximate surface area is 112 Å². The van der Waals surface area contributed by atoms with Crippen LogP contribution >= 0.6 is 0 Å². The molecule has 0 unspecified atom stereocenters. The van der Waals surface area contributed by atoms with Gasteiger partial charge in [0.2, 0.25) is 0 Å². The second kappa shape index (κ2) is 9.37. The number of nitrogens with zero attached hydrogens (tertiary/aromatic N) is 1. The third-order valence-electron chi connectivity index (χ3n) is 3.87. The zero-order valence-corrected chi connectivity index (χ0v) is 12.1. The number of rotatable bonds is 8. The molecule has 3 nitrogen and oxygen atoms in total. The average molecular weight is 255 g/mol. The normalized spacial score (nSPS) is 20.9. The standard InChI is InChI=1S/C15H29NO2/c1-3-4-5-6-7-8-11-16-12-9-10-14(13-16)15(17)18-2/h14H,3-13H2,1-2H3/t14-/m0/s1. The molecular formula is C15H29NO2. The molecule has 1 heterocycles. The lowest BCUT2D eigenvalue weighted by Gasteiger charge is -2.31. The van der Waals surface area contributed by atoms with E-state index in [1.54, 1.807) is 0 Å². The van der Waals surface area contributed by atoms with Gasteiger partial charge in [-0.15, -0.1) is 0 Å². The number of carbonyl (C=O) groups excluding carboxylic acids is 1. The molecule has 0 amide bonds. The van der Waals surface area contributed by atoms with Crippen molar-refractivity contribution < 1.29 is 9.53 Å². The Bertz CT molecular complexity index is 231. The number of likely N-dealkylation sites (tertiary alicyclic amines) is 1. The van der Waals surface area contributed by atoms with Crippen molar-refractivity contribution in [1.82, 2.24) is 4.90 Å². The number of piperidine rings is 1. The molecule has 1 aliphatic heterocycles. The fraction of sp³-hybridized carbons (Fsp3) is 0.933. The first-order chi connectivity index (χ1) is 8.77. The van der Waals surface area contributed by atoms with Crippen molar-refractivity contribution in [2.75, 3.05) is 26.7 Å². The maximum absolute atomic E-state index is 11.5. The Kier molecular flexibility index (Phi) is 8.06. The highest BCUT2D eigenvalue weighted by Gasteiger charge is 2.25. The van der Waals surface area contributed by atoms with Gasteiger partial charge in [-0.2, -0.15) is 0 Å². The van der Waals surface area contributed by atoms with Crippen LogP contribution in [-0.4, -0.2) is 37.6 Å². The lowest BCUT2D eigenvalue weighted by Crippen LogP contribution is -2.39.